The molecule has 1 atom stereocenters. The molecule has 22 heavy (non-hydrogen) atoms. The third kappa shape index (κ3) is 3.80. The van der Waals surface area contributed by atoms with E-state index < -0.39 is 0 Å². The number of amides is 2. The van der Waals surface area contributed by atoms with Gasteiger partial charge in [-0.3, -0.25) is 0 Å². The normalized spacial score (nSPS) is 18.1. The van der Waals surface area contributed by atoms with Crippen LogP contribution in [0.5, 0.6) is 0 Å². The Morgan fingerprint density at radius 2 is 1.91 bits per heavy atom. The van der Waals surface area contributed by atoms with Crippen LogP contribution in [0.15, 0.2) is 30.3 Å². The molecule has 0 aliphatic carbocycles. The lowest BCUT2D eigenvalue weighted by Gasteiger charge is -2.36. The Hall–Kier alpha value is -1.55. The van der Waals surface area contributed by atoms with Gasteiger partial charge in [0.25, 0.3) is 0 Å². The molecule has 2 N–H and O–H groups in total. The molecule has 0 radical (unpaired) electrons. The summed E-state index contributed by atoms with van der Waals surface area (Å²) in [6.45, 7) is 8.07. The summed E-state index contributed by atoms with van der Waals surface area (Å²) in [5, 5.41) is 12.3. The van der Waals surface area contributed by atoms with Gasteiger partial charge in [0.15, 0.2) is 0 Å². The van der Waals surface area contributed by atoms with E-state index in [4.69, 9.17) is 0 Å². The number of hydrogen-bond donors (Lipinski definition) is 2. The van der Waals surface area contributed by atoms with Crippen LogP contribution in [0.1, 0.15) is 39.2 Å². The van der Waals surface area contributed by atoms with Gasteiger partial charge < -0.3 is 15.3 Å². The zero-order valence-electron chi connectivity index (χ0n) is 13.9. The number of carbonyl (C=O) groups is 1. The molecular weight excluding hydrogens is 276 g/mol. The van der Waals surface area contributed by atoms with Crippen molar-refractivity contribution in [1.29, 1.82) is 0 Å². The van der Waals surface area contributed by atoms with Gasteiger partial charge in [-0.25, -0.2) is 4.79 Å². The highest BCUT2D eigenvalue weighted by molar-refractivity contribution is 5.74. The first-order valence-corrected chi connectivity index (χ1v) is 8.17. The highest BCUT2D eigenvalue weighted by Gasteiger charge is 2.31. The first-order chi connectivity index (χ1) is 10.4. The molecule has 0 saturated carbocycles. The minimum Gasteiger partial charge on any atom is -0.396 e. The molecular formula is C18H28N2O2. The lowest BCUT2D eigenvalue weighted by atomic mass is 9.78. The van der Waals surface area contributed by atoms with Gasteiger partial charge in [-0.2, -0.15) is 0 Å². The molecule has 0 aromatic heterocycles. The van der Waals surface area contributed by atoms with Gasteiger partial charge in [0.2, 0.25) is 0 Å². The molecule has 1 fully saturated rings. The minimum absolute atomic E-state index is 0.00731. The smallest absolute Gasteiger partial charge is 0.317 e. The van der Waals surface area contributed by atoms with Gasteiger partial charge in [-0.1, -0.05) is 44.2 Å². The molecule has 2 rings (SSSR count). The van der Waals surface area contributed by atoms with E-state index in [1.54, 1.807) is 0 Å². The van der Waals surface area contributed by atoms with Gasteiger partial charge in [0.05, 0.1) is 0 Å². The largest absolute Gasteiger partial charge is 0.396 e. The van der Waals surface area contributed by atoms with Crippen molar-refractivity contribution < 1.29 is 9.90 Å². The molecule has 1 heterocycles. The third-order valence-corrected chi connectivity index (χ3v) is 5.10. The van der Waals surface area contributed by atoms with Crippen LogP contribution in [0.3, 0.4) is 0 Å². The maximum Gasteiger partial charge on any atom is 0.317 e. The number of benzene rings is 1. The summed E-state index contributed by atoms with van der Waals surface area (Å²) in [5.41, 5.74) is 1.10. The van der Waals surface area contributed by atoms with Gasteiger partial charge in [0.1, 0.15) is 0 Å². The number of carbonyl (C=O) groups excluding carboxylic acids is 1. The molecule has 0 spiro atoms. The van der Waals surface area contributed by atoms with E-state index in [1.165, 1.54) is 5.56 Å². The Labute approximate surface area is 133 Å². The Balaban J connectivity index is 1.94. The van der Waals surface area contributed by atoms with Crippen molar-refractivity contribution >= 4 is 6.03 Å². The number of piperidine rings is 1. The predicted molar refractivity (Wildman–Crippen MR) is 88.8 cm³/mol. The Morgan fingerprint density at radius 1 is 1.32 bits per heavy atom. The van der Waals surface area contributed by atoms with E-state index in [1.807, 2.05) is 23.1 Å². The number of rotatable bonds is 4. The first-order valence-electron chi connectivity index (χ1n) is 8.17. The van der Waals surface area contributed by atoms with Crippen LogP contribution in [-0.2, 0) is 5.41 Å². The van der Waals surface area contributed by atoms with E-state index in [2.05, 4.69) is 38.2 Å². The number of aliphatic hydroxyl groups excluding tert-OH is 1. The number of hydrogen-bond acceptors (Lipinski definition) is 2. The lowest BCUT2D eigenvalue weighted by molar-refractivity contribution is 0.134. The second-order valence-corrected chi connectivity index (χ2v) is 6.87. The van der Waals surface area contributed by atoms with Crippen LogP contribution < -0.4 is 5.32 Å². The summed E-state index contributed by atoms with van der Waals surface area (Å²) in [4.78, 5) is 14.3. The van der Waals surface area contributed by atoms with Crippen molar-refractivity contribution in [1.82, 2.24) is 10.2 Å². The Bertz CT molecular complexity index is 479. The second kappa shape index (κ2) is 7.14. The van der Waals surface area contributed by atoms with Crippen LogP contribution in [0.25, 0.3) is 0 Å². The lowest BCUT2D eigenvalue weighted by Crippen LogP contribution is -2.52. The standard InChI is InChI=1S/C18H28N2O2/c1-14(18(2,3)16-7-5-4-6-8-16)19-17(22)20-11-9-15(13-21)10-12-20/h4-8,14-15,21H,9-13H2,1-3H3,(H,19,22)/t14-/m0/s1. The number of nitrogens with one attached hydrogen (secondary N) is 1. The van der Waals surface area contributed by atoms with Crippen LogP contribution in [-0.4, -0.2) is 41.8 Å². The average molecular weight is 304 g/mol. The van der Waals surface area contributed by atoms with Gasteiger partial charge >= 0.3 is 6.03 Å². The highest BCUT2D eigenvalue weighted by atomic mass is 16.3. The first kappa shape index (κ1) is 16.8. The SMILES string of the molecule is C[C@H](NC(=O)N1CCC(CO)CC1)C(C)(C)c1ccccc1. The number of aliphatic hydroxyl groups is 1. The number of likely N-dealkylation sites (tertiary alicyclic amines) is 1. The molecule has 2 amide bonds. The topological polar surface area (TPSA) is 52.6 Å². The van der Waals surface area contributed by atoms with Crippen molar-refractivity contribution in [3.63, 3.8) is 0 Å². The average Bonchev–Trinajstić information content (AvgIpc) is 2.55. The summed E-state index contributed by atoms with van der Waals surface area (Å²) >= 11 is 0. The minimum atomic E-state index is -0.125. The molecule has 1 aliphatic heterocycles. The van der Waals surface area contributed by atoms with Crippen LogP contribution in [0, 0.1) is 5.92 Å². The number of nitrogens with zero attached hydrogens (tertiary/aromatic N) is 1. The van der Waals surface area contributed by atoms with Crippen LogP contribution in [0.2, 0.25) is 0 Å². The maximum atomic E-state index is 12.4. The van der Waals surface area contributed by atoms with Crippen LogP contribution in [0.4, 0.5) is 4.79 Å². The Morgan fingerprint density at radius 3 is 2.45 bits per heavy atom. The van der Waals surface area contributed by atoms with E-state index in [-0.39, 0.29) is 24.1 Å². The molecule has 1 aliphatic rings. The highest BCUT2D eigenvalue weighted by Crippen LogP contribution is 2.27. The fourth-order valence-corrected chi connectivity index (χ4v) is 2.89. The molecule has 0 unspecified atom stereocenters. The molecule has 1 aromatic carbocycles. The predicted octanol–water partition coefficient (Wildman–Crippen LogP) is 2.77. The summed E-state index contributed by atoms with van der Waals surface area (Å²) in [5.74, 6) is 0.349. The van der Waals surface area contributed by atoms with Crippen LogP contribution >= 0.6 is 0 Å². The van der Waals surface area contributed by atoms with Gasteiger partial charge in [-0.15, -0.1) is 0 Å². The van der Waals surface area contributed by atoms with Crippen molar-refractivity contribution in [2.75, 3.05) is 19.7 Å². The summed E-state index contributed by atoms with van der Waals surface area (Å²) in [6, 6.07) is 10.3. The Kier molecular flexibility index (Phi) is 5.46. The van der Waals surface area contributed by atoms with Crippen molar-refractivity contribution in [3.8, 4) is 0 Å². The maximum absolute atomic E-state index is 12.4. The summed E-state index contributed by atoms with van der Waals surface area (Å²) in [6.07, 6.45) is 1.78. The van der Waals surface area contributed by atoms with E-state index in [0.29, 0.717) is 5.92 Å². The molecule has 4 nitrogen and oxygen atoms in total. The fourth-order valence-electron chi connectivity index (χ4n) is 2.89. The van der Waals surface area contributed by atoms with Crippen molar-refractivity contribution in [3.05, 3.63) is 35.9 Å². The summed E-state index contributed by atoms with van der Waals surface area (Å²) < 4.78 is 0. The van der Waals surface area contributed by atoms with Gasteiger partial charge in [-0.05, 0) is 31.2 Å². The third-order valence-electron chi connectivity index (χ3n) is 5.10. The quantitative estimate of drug-likeness (QED) is 0.898. The molecule has 1 saturated heterocycles. The number of urea groups is 1. The second-order valence-electron chi connectivity index (χ2n) is 6.87. The molecule has 1 aromatic rings. The monoisotopic (exact) mass is 304 g/mol. The zero-order chi connectivity index (χ0) is 16.2. The molecule has 0 bridgehead atoms. The van der Waals surface area contributed by atoms with Crippen molar-refractivity contribution in [2.24, 2.45) is 5.92 Å². The summed E-state index contributed by atoms with van der Waals surface area (Å²) in [7, 11) is 0. The zero-order valence-corrected chi connectivity index (χ0v) is 13.9. The molecule has 4 heteroatoms. The van der Waals surface area contributed by atoms with E-state index in [9.17, 15) is 9.90 Å². The van der Waals surface area contributed by atoms with Crippen molar-refractivity contribution in [2.45, 2.75) is 45.1 Å². The van der Waals surface area contributed by atoms with E-state index in [0.717, 1.165) is 25.9 Å². The fraction of sp³-hybridized carbons (Fsp3) is 0.611. The van der Waals surface area contributed by atoms with Gasteiger partial charge in [0, 0.05) is 31.2 Å². The molecule has 122 valence electrons. The van der Waals surface area contributed by atoms with E-state index >= 15 is 0 Å².